The van der Waals surface area contributed by atoms with E-state index in [1.54, 1.807) is 12.1 Å². The van der Waals surface area contributed by atoms with Gasteiger partial charge in [0.2, 0.25) is 0 Å². The van der Waals surface area contributed by atoms with E-state index < -0.39 is 0 Å². The SMILES string of the molecule is CC1=Nc2cc(C)ccc2C1(C)CCCCC1(C)C(C)=Nc2cc(F)ccc21. The predicted molar refractivity (Wildman–Crippen MR) is 116 cm³/mol. The second kappa shape index (κ2) is 6.65. The molecule has 0 amide bonds. The highest BCUT2D eigenvalue weighted by molar-refractivity contribution is 6.00. The Morgan fingerprint density at radius 3 is 1.82 bits per heavy atom. The molecular formula is C25H29FN2. The van der Waals surface area contributed by atoms with Crippen molar-refractivity contribution in [1.29, 1.82) is 0 Å². The third-order valence-corrected chi connectivity index (χ3v) is 7.08. The lowest BCUT2D eigenvalue weighted by molar-refractivity contribution is 0.482. The zero-order valence-electron chi connectivity index (χ0n) is 17.6. The van der Waals surface area contributed by atoms with Gasteiger partial charge in [-0.2, -0.15) is 0 Å². The Morgan fingerprint density at radius 1 is 0.750 bits per heavy atom. The molecular weight excluding hydrogens is 347 g/mol. The van der Waals surface area contributed by atoms with Crippen LogP contribution in [0, 0.1) is 12.7 Å². The normalized spacial score (nSPS) is 25.4. The van der Waals surface area contributed by atoms with Crippen molar-refractivity contribution in [3.63, 3.8) is 0 Å². The van der Waals surface area contributed by atoms with E-state index in [1.807, 2.05) is 6.07 Å². The highest BCUT2D eigenvalue weighted by Gasteiger charge is 2.38. The molecule has 4 rings (SSSR count). The zero-order chi connectivity index (χ0) is 20.1. The summed E-state index contributed by atoms with van der Waals surface area (Å²) >= 11 is 0. The van der Waals surface area contributed by atoms with E-state index in [-0.39, 0.29) is 16.6 Å². The fourth-order valence-corrected chi connectivity index (χ4v) is 4.85. The summed E-state index contributed by atoms with van der Waals surface area (Å²) in [7, 11) is 0. The van der Waals surface area contributed by atoms with Gasteiger partial charge in [0.25, 0.3) is 0 Å². The van der Waals surface area contributed by atoms with Gasteiger partial charge in [0.05, 0.1) is 11.4 Å². The molecule has 2 aliphatic heterocycles. The number of rotatable bonds is 5. The van der Waals surface area contributed by atoms with Crippen LogP contribution >= 0.6 is 0 Å². The molecule has 0 bridgehead atoms. The molecule has 28 heavy (non-hydrogen) atoms. The van der Waals surface area contributed by atoms with Gasteiger partial charge in [-0.05, 0) is 68.5 Å². The Kier molecular flexibility index (Phi) is 4.52. The lowest BCUT2D eigenvalue weighted by atomic mass is 9.73. The summed E-state index contributed by atoms with van der Waals surface area (Å²) in [5.74, 6) is -0.211. The fourth-order valence-electron chi connectivity index (χ4n) is 4.85. The van der Waals surface area contributed by atoms with Crippen LogP contribution in [-0.2, 0) is 10.8 Å². The van der Waals surface area contributed by atoms with E-state index in [0.717, 1.165) is 48.3 Å². The van der Waals surface area contributed by atoms with Crippen LogP contribution in [0.3, 0.4) is 0 Å². The number of aryl methyl sites for hydroxylation is 1. The van der Waals surface area contributed by atoms with E-state index in [2.05, 4.69) is 57.8 Å². The molecule has 2 heterocycles. The molecule has 0 radical (unpaired) electrons. The van der Waals surface area contributed by atoms with Gasteiger partial charge in [-0.25, -0.2) is 4.39 Å². The maximum absolute atomic E-state index is 13.6. The fraction of sp³-hybridized carbons (Fsp3) is 0.440. The largest absolute Gasteiger partial charge is 0.257 e. The monoisotopic (exact) mass is 376 g/mol. The van der Waals surface area contributed by atoms with Gasteiger partial charge < -0.3 is 0 Å². The summed E-state index contributed by atoms with van der Waals surface area (Å²) in [6, 6.07) is 11.7. The van der Waals surface area contributed by atoms with Crippen molar-refractivity contribution in [1.82, 2.24) is 0 Å². The van der Waals surface area contributed by atoms with Crippen LogP contribution in [0.5, 0.6) is 0 Å². The number of hydrogen-bond donors (Lipinski definition) is 0. The first-order chi connectivity index (χ1) is 13.2. The van der Waals surface area contributed by atoms with Gasteiger partial charge in [-0.3, -0.25) is 9.98 Å². The van der Waals surface area contributed by atoms with Crippen LogP contribution in [0.1, 0.15) is 70.1 Å². The van der Waals surface area contributed by atoms with Crippen molar-refractivity contribution >= 4 is 22.8 Å². The minimum atomic E-state index is -0.211. The van der Waals surface area contributed by atoms with Gasteiger partial charge in [-0.15, -0.1) is 0 Å². The molecule has 2 unspecified atom stereocenters. The second-order valence-corrected chi connectivity index (χ2v) is 8.95. The number of nitrogens with zero attached hydrogens (tertiary/aromatic N) is 2. The molecule has 0 spiro atoms. The van der Waals surface area contributed by atoms with Crippen molar-refractivity contribution in [2.24, 2.45) is 9.98 Å². The molecule has 146 valence electrons. The summed E-state index contributed by atoms with van der Waals surface area (Å²) in [5, 5.41) is 0. The Balaban J connectivity index is 1.45. The molecule has 2 aromatic rings. The van der Waals surface area contributed by atoms with E-state index in [1.165, 1.54) is 16.8 Å². The predicted octanol–water partition coefficient (Wildman–Crippen LogP) is 7.12. The lowest BCUT2D eigenvalue weighted by Gasteiger charge is -2.29. The van der Waals surface area contributed by atoms with E-state index in [4.69, 9.17) is 4.99 Å². The van der Waals surface area contributed by atoms with Gasteiger partial charge in [0.1, 0.15) is 5.82 Å². The minimum absolute atomic E-state index is 0.0315. The number of hydrogen-bond acceptors (Lipinski definition) is 2. The first kappa shape index (κ1) is 19.0. The van der Waals surface area contributed by atoms with Gasteiger partial charge in [0.15, 0.2) is 0 Å². The highest BCUT2D eigenvalue weighted by Crippen LogP contribution is 2.46. The van der Waals surface area contributed by atoms with Crippen LogP contribution < -0.4 is 0 Å². The first-order valence-corrected chi connectivity index (χ1v) is 10.3. The van der Waals surface area contributed by atoms with Crippen molar-refractivity contribution < 1.29 is 4.39 Å². The molecule has 3 heteroatoms. The summed E-state index contributed by atoms with van der Waals surface area (Å²) in [6.45, 7) is 10.9. The Morgan fingerprint density at radius 2 is 1.25 bits per heavy atom. The van der Waals surface area contributed by atoms with Crippen molar-refractivity contribution in [2.75, 3.05) is 0 Å². The molecule has 0 fully saturated rings. The van der Waals surface area contributed by atoms with Crippen LogP contribution in [0.4, 0.5) is 15.8 Å². The van der Waals surface area contributed by atoms with E-state index in [9.17, 15) is 4.39 Å². The van der Waals surface area contributed by atoms with Gasteiger partial charge in [-0.1, -0.05) is 44.9 Å². The van der Waals surface area contributed by atoms with Crippen LogP contribution in [-0.4, -0.2) is 11.4 Å². The zero-order valence-corrected chi connectivity index (χ0v) is 17.6. The summed E-state index contributed by atoms with van der Waals surface area (Å²) in [4.78, 5) is 9.49. The van der Waals surface area contributed by atoms with Crippen molar-refractivity contribution in [3.8, 4) is 0 Å². The Bertz CT molecular complexity index is 922. The average Bonchev–Trinajstić information content (AvgIpc) is 3.02. The molecule has 0 saturated carbocycles. The number of aliphatic imine (C=N–C) groups is 2. The molecule has 2 aromatic carbocycles. The van der Waals surface area contributed by atoms with E-state index >= 15 is 0 Å². The summed E-state index contributed by atoms with van der Waals surface area (Å²) in [5.41, 5.74) is 7.99. The minimum Gasteiger partial charge on any atom is -0.257 e. The smallest absolute Gasteiger partial charge is 0.125 e. The number of benzene rings is 2. The number of halogens is 1. The highest BCUT2D eigenvalue weighted by atomic mass is 19.1. The standard InChI is InChI=1S/C25H29FN2/c1-16-8-10-20-22(14-16)27-17(2)24(20,4)12-6-7-13-25(5)18(3)28-23-15-19(26)9-11-21(23)25/h8-11,14-15H,6-7,12-13H2,1-5H3. The van der Waals surface area contributed by atoms with Crippen molar-refractivity contribution in [2.45, 2.75) is 71.1 Å². The van der Waals surface area contributed by atoms with Gasteiger partial charge in [0, 0.05) is 22.3 Å². The number of fused-ring (bicyclic) bond motifs is 2. The van der Waals surface area contributed by atoms with Crippen LogP contribution in [0.25, 0.3) is 0 Å². The Labute approximate surface area is 167 Å². The topological polar surface area (TPSA) is 24.7 Å². The maximum atomic E-state index is 13.6. The molecule has 2 aliphatic rings. The number of unbranched alkanes of at least 4 members (excludes halogenated alkanes) is 1. The Hall–Kier alpha value is -2.29. The van der Waals surface area contributed by atoms with Crippen molar-refractivity contribution in [3.05, 3.63) is 58.9 Å². The maximum Gasteiger partial charge on any atom is 0.125 e. The van der Waals surface area contributed by atoms with Gasteiger partial charge >= 0.3 is 0 Å². The first-order valence-electron chi connectivity index (χ1n) is 10.3. The summed E-state index contributed by atoms with van der Waals surface area (Å²) in [6.07, 6.45) is 4.38. The molecule has 0 aromatic heterocycles. The van der Waals surface area contributed by atoms with Crippen LogP contribution in [0.15, 0.2) is 46.4 Å². The third kappa shape index (κ3) is 2.92. The molecule has 0 saturated heterocycles. The average molecular weight is 377 g/mol. The molecule has 0 aliphatic carbocycles. The van der Waals surface area contributed by atoms with Crippen LogP contribution in [0.2, 0.25) is 0 Å². The third-order valence-electron chi connectivity index (χ3n) is 7.08. The lowest BCUT2D eigenvalue weighted by Crippen LogP contribution is -2.29. The molecule has 2 atom stereocenters. The quantitative estimate of drug-likeness (QED) is 0.496. The molecule has 2 nitrogen and oxygen atoms in total. The summed E-state index contributed by atoms with van der Waals surface area (Å²) < 4.78 is 13.6. The second-order valence-electron chi connectivity index (χ2n) is 8.95. The molecule has 0 N–H and O–H groups in total. The van der Waals surface area contributed by atoms with E-state index in [0.29, 0.717) is 0 Å².